The fourth-order valence-corrected chi connectivity index (χ4v) is 6.01. The van der Waals surface area contributed by atoms with Crippen LogP contribution in [0.4, 0.5) is 0 Å². The van der Waals surface area contributed by atoms with Crippen LogP contribution in [0.1, 0.15) is 25.0 Å². The van der Waals surface area contributed by atoms with Crippen molar-refractivity contribution in [2.45, 2.75) is 19.3 Å². The minimum atomic E-state index is 0.0122. The van der Waals surface area contributed by atoms with Gasteiger partial charge >= 0.3 is 0 Å². The molecule has 1 heterocycles. The van der Waals surface area contributed by atoms with E-state index < -0.39 is 0 Å². The summed E-state index contributed by atoms with van der Waals surface area (Å²) in [5.74, 6) is 0. The van der Waals surface area contributed by atoms with E-state index in [-0.39, 0.29) is 5.41 Å². The minimum Gasteiger partial charge on any atom is -0.309 e. The Balaban J connectivity index is 1.68. The third-order valence-corrected chi connectivity index (χ3v) is 7.62. The minimum absolute atomic E-state index is 0.0122. The number of fused-ring (bicyclic) bond motifs is 8. The highest BCUT2D eigenvalue weighted by Crippen LogP contribution is 2.51. The summed E-state index contributed by atoms with van der Waals surface area (Å²) >= 11 is 0. The molecule has 0 amide bonds. The molecule has 0 aliphatic heterocycles. The Labute approximate surface area is 194 Å². The average molecular weight is 421 g/mol. The first kappa shape index (κ1) is 18.8. The number of hydrogen-bond donors (Lipinski definition) is 0. The van der Waals surface area contributed by atoms with E-state index in [0.29, 0.717) is 0 Å². The second-order valence-electron chi connectivity index (χ2n) is 9.94. The fourth-order valence-electron chi connectivity index (χ4n) is 6.01. The molecular weight excluding hydrogens is 397 g/mol. The Kier molecular flexibility index (Phi) is 3.63. The highest BCUT2D eigenvalue weighted by molar-refractivity contribution is 6.34. The maximum absolute atomic E-state index is 2.43. The molecule has 0 radical (unpaired) electrons. The average Bonchev–Trinajstić information content (AvgIpc) is 3.27. The molecule has 1 nitrogen and oxygen atoms in total. The molecule has 2 heteroatoms. The van der Waals surface area contributed by atoms with Crippen LogP contribution in [0.15, 0.2) is 97.1 Å². The van der Waals surface area contributed by atoms with Crippen molar-refractivity contribution in [2.75, 3.05) is 0 Å². The number of rotatable bonds is 1. The van der Waals surface area contributed by atoms with Gasteiger partial charge in [-0.3, -0.25) is 0 Å². The molecule has 0 saturated heterocycles. The zero-order valence-electron chi connectivity index (χ0n) is 19.2. The zero-order chi connectivity index (χ0) is 22.3. The maximum Gasteiger partial charge on any atom is 0.139 e. The predicted octanol–water partition coefficient (Wildman–Crippen LogP) is 6.50. The van der Waals surface area contributed by atoms with Crippen molar-refractivity contribution in [2.24, 2.45) is 0 Å². The molecule has 7 rings (SSSR count). The Morgan fingerprint density at radius 3 is 2.24 bits per heavy atom. The lowest BCUT2D eigenvalue weighted by molar-refractivity contribution is 0.661. The predicted molar refractivity (Wildman–Crippen MR) is 144 cm³/mol. The summed E-state index contributed by atoms with van der Waals surface area (Å²) in [6.07, 6.45) is 0. The Morgan fingerprint density at radius 2 is 1.39 bits per heavy atom. The van der Waals surface area contributed by atoms with Crippen LogP contribution in [0.3, 0.4) is 0 Å². The van der Waals surface area contributed by atoms with Crippen molar-refractivity contribution < 1.29 is 0 Å². The van der Waals surface area contributed by atoms with E-state index >= 15 is 0 Å². The van der Waals surface area contributed by atoms with Gasteiger partial charge in [-0.25, -0.2) is 0 Å². The van der Waals surface area contributed by atoms with Gasteiger partial charge < -0.3 is 4.57 Å². The van der Waals surface area contributed by atoms with Crippen molar-refractivity contribution in [1.82, 2.24) is 4.57 Å². The first-order valence-corrected chi connectivity index (χ1v) is 11.7. The van der Waals surface area contributed by atoms with Gasteiger partial charge in [-0.2, -0.15) is 0 Å². The fraction of sp³-hybridized carbons (Fsp3) is 0.0968. The molecule has 0 N–H and O–H groups in total. The molecule has 0 atom stereocenters. The highest BCUT2D eigenvalue weighted by Gasteiger charge is 2.36. The Hall–Kier alpha value is -3.78. The molecule has 33 heavy (non-hydrogen) atoms. The number of benzene rings is 5. The van der Waals surface area contributed by atoms with Crippen LogP contribution < -0.4 is 5.46 Å². The molecule has 0 fully saturated rings. The summed E-state index contributed by atoms with van der Waals surface area (Å²) < 4.78 is 2.43. The van der Waals surface area contributed by atoms with Crippen molar-refractivity contribution >= 4 is 45.9 Å². The Morgan fingerprint density at radius 1 is 0.636 bits per heavy atom. The normalized spacial score (nSPS) is 14.1. The molecule has 5 aromatic carbocycles. The first-order chi connectivity index (χ1) is 16.0. The van der Waals surface area contributed by atoms with Crippen LogP contribution in [0.2, 0.25) is 0 Å². The molecule has 0 spiro atoms. The van der Waals surface area contributed by atoms with Crippen LogP contribution in [0, 0.1) is 0 Å². The molecule has 156 valence electrons. The largest absolute Gasteiger partial charge is 0.309 e. The van der Waals surface area contributed by atoms with E-state index in [2.05, 4.69) is 123 Å². The highest BCUT2D eigenvalue weighted by atomic mass is 15.0. The molecule has 0 unspecified atom stereocenters. The summed E-state index contributed by atoms with van der Waals surface area (Å²) in [5.41, 5.74) is 10.7. The lowest BCUT2D eigenvalue weighted by atomic mass is 9.82. The van der Waals surface area contributed by atoms with Gasteiger partial charge in [0.1, 0.15) is 7.85 Å². The van der Waals surface area contributed by atoms with Crippen molar-refractivity contribution in [3.8, 4) is 16.8 Å². The molecule has 1 aliphatic rings. The van der Waals surface area contributed by atoms with Gasteiger partial charge in [-0.05, 0) is 63.4 Å². The smallest absolute Gasteiger partial charge is 0.139 e. The number of hydrogen-bond acceptors (Lipinski definition) is 0. The van der Waals surface area contributed by atoms with Gasteiger partial charge in [0.2, 0.25) is 0 Å². The quantitative estimate of drug-likeness (QED) is 0.267. The number of para-hydroxylation sites is 1. The lowest BCUT2D eigenvalue weighted by Crippen LogP contribution is -2.14. The van der Waals surface area contributed by atoms with Gasteiger partial charge in [-0.15, -0.1) is 0 Å². The van der Waals surface area contributed by atoms with Crippen LogP contribution in [-0.4, -0.2) is 12.4 Å². The van der Waals surface area contributed by atoms with Crippen LogP contribution >= 0.6 is 0 Å². The van der Waals surface area contributed by atoms with Crippen LogP contribution in [0.25, 0.3) is 49.4 Å². The maximum atomic E-state index is 2.43. The summed E-state index contributed by atoms with van der Waals surface area (Å²) in [7, 11) is 2.18. The third kappa shape index (κ3) is 2.44. The van der Waals surface area contributed by atoms with Gasteiger partial charge in [0.05, 0.1) is 11.0 Å². The molecule has 6 aromatic rings. The number of aromatic nitrogens is 1. The van der Waals surface area contributed by atoms with E-state index in [1.165, 1.54) is 66.0 Å². The molecule has 0 saturated carbocycles. The monoisotopic (exact) mass is 421 g/mol. The summed E-state index contributed by atoms with van der Waals surface area (Å²) in [6.45, 7) is 4.71. The van der Waals surface area contributed by atoms with E-state index in [9.17, 15) is 0 Å². The third-order valence-electron chi connectivity index (χ3n) is 7.62. The summed E-state index contributed by atoms with van der Waals surface area (Å²) in [6, 6.07) is 36.0. The van der Waals surface area contributed by atoms with E-state index in [1.807, 2.05) is 0 Å². The van der Waals surface area contributed by atoms with Crippen molar-refractivity contribution in [3.63, 3.8) is 0 Å². The van der Waals surface area contributed by atoms with Gasteiger partial charge in [-0.1, -0.05) is 86.0 Å². The second-order valence-corrected chi connectivity index (χ2v) is 9.94. The molecular formula is C31H24BN. The number of nitrogens with zero attached hydrogens (tertiary/aromatic N) is 1. The standard InChI is InChI=1S/C31H24BN/c1-31(2)26-11-7-6-10-22(26)30-23-18-29-24(16-19(23)12-14-27(30)31)25-17-20(32)13-15-28(25)33(29)21-8-4-3-5-9-21/h3-18H,32H2,1-2H3. The summed E-state index contributed by atoms with van der Waals surface area (Å²) in [5, 5.41) is 5.28. The molecule has 0 bridgehead atoms. The lowest BCUT2D eigenvalue weighted by Gasteiger charge is -2.21. The second kappa shape index (κ2) is 6.39. The van der Waals surface area contributed by atoms with Crippen LogP contribution in [0.5, 0.6) is 0 Å². The topological polar surface area (TPSA) is 4.93 Å². The van der Waals surface area contributed by atoms with Gasteiger partial charge in [0.25, 0.3) is 0 Å². The van der Waals surface area contributed by atoms with Gasteiger partial charge in [0.15, 0.2) is 0 Å². The van der Waals surface area contributed by atoms with Crippen molar-refractivity contribution in [3.05, 3.63) is 108 Å². The van der Waals surface area contributed by atoms with E-state index in [0.717, 1.165) is 0 Å². The first-order valence-electron chi connectivity index (χ1n) is 11.7. The molecule has 1 aromatic heterocycles. The summed E-state index contributed by atoms with van der Waals surface area (Å²) in [4.78, 5) is 0. The Bertz CT molecular complexity index is 1740. The zero-order valence-corrected chi connectivity index (χ0v) is 19.2. The SMILES string of the molecule is Bc1ccc2c(c1)c1cc3ccc4c(c3cc1n2-c1ccccc1)-c1ccccc1C4(C)C. The van der Waals surface area contributed by atoms with Gasteiger partial charge in [0, 0.05) is 21.9 Å². The molecule has 1 aliphatic carbocycles. The van der Waals surface area contributed by atoms with E-state index in [1.54, 1.807) is 0 Å². The van der Waals surface area contributed by atoms with E-state index in [4.69, 9.17) is 0 Å². The van der Waals surface area contributed by atoms with Crippen LogP contribution in [-0.2, 0) is 5.41 Å². The van der Waals surface area contributed by atoms with Crippen molar-refractivity contribution in [1.29, 1.82) is 0 Å².